The summed E-state index contributed by atoms with van der Waals surface area (Å²) in [5.41, 5.74) is 24.4. The molecule has 0 atom stereocenters. The van der Waals surface area contributed by atoms with Crippen molar-refractivity contribution in [3.8, 4) is 39.1 Å². The van der Waals surface area contributed by atoms with Crippen LogP contribution in [0, 0.1) is 13.8 Å². The van der Waals surface area contributed by atoms with Crippen molar-refractivity contribution in [2.45, 2.75) is 38.5 Å². The molecule has 13 rings (SSSR count). The van der Waals surface area contributed by atoms with Crippen LogP contribution in [0.5, 0.6) is 0 Å². The summed E-state index contributed by atoms with van der Waals surface area (Å²) in [6.07, 6.45) is 0. The summed E-state index contributed by atoms with van der Waals surface area (Å²) in [5.74, 6) is 0. The number of aryl methyl sites for hydroxylation is 2. The van der Waals surface area contributed by atoms with E-state index in [0.717, 1.165) is 17.1 Å². The molecule has 2 heteroatoms. The van der Waals surface area contributed by atoms with E-state index in [2.05, 4.69) is 268 Å². The van der Waals surface area contributed by atoms with Crippen LogP contribution in [0.1, 0.15) is 58.4 Å². The topological polar surface area (TPSA) is 8.17 Å². The highest BCUT2D eigenvalue weighted by Crippen LogP contribution is 2.58. The SMILES string of the molecule is Cc1ccc2c(c1)C(c1ccccc1)(c1ccccc1)c1cc(C)c(N(c3ccc(-c4ccc(-n5c6ccccc6c6ccccc65)cc4)cc3)c3ccc4c(c3)C(C)(C)c3ccccc3-4)cc1-2. The first-order valence-corrected chi connectivity index (χ1v) is 23.9. The van der Waals surface area contributed by atoms with E-state index in [4.69, 9.17) is 0 Å². The molecular weight excluding hydrogens is 821 g/mol. The summed E-state index contributed by atoms with van der Waals surface area (Å²) in [7, 11) is 0. The van der Waals surface area contributed by atoms with Gasteiger partial charge in [-0.3, -0.25) is 0 Å². The van der Waals surface area contributed by atoms with Crippen molar-refractivity contribution >= 4 is 38.9 Å². The Hall–Kier alpha value is -8.20. The predicted octanol–water partition coefficient (Wildman–Crippen LogP) is 17.2. The van der Waals surface area contributed by atoms with Crippen LogP contribution in [-0.2, 0) is 10.8 Å². The molecule has 0 unspecified atom stereocenters. The Morgan fingerprint density at radius 1 is 0.382 bits per heavy atom. The molecule has 0 fully saturated rings. The van der Waals surface area contributed by atoms with Crippen molar-refractivity contribution in [2.75, 3.05) is 4.90 Å². The zero-order chi connectivity index (χ0) is 45.7. The second-order valence-electron chi connectivity index (χ2n) is 19.4. The van der Waals surface area contributed by atoms with Crippen LogP contribution in [0.3, 0.4) is 0 Å². The molecule has 11 aromatic rings. The lowest BCUT2D eigenvalue weighted by atomic mass is 9.67. The summed E-state index contributed by atoms with van der Waals surface area (Å²) >= 11 is 0. The maximum absolute atomic E-state index is 2.50. The Bertz CT molecular complexity index is 3670. The molecule has 2 nitrogen and oxygen atoms in total. The highest BCUT2D eigenvalue weighted by Gasteiger charge is 2.47. The van der Waals surface area contributed by atoms with Gasteiger partial charge in [0, 0.05) is 38.9 Å². The van der Waals surface area contributed by atoms with Gasteiger partial charge in [-0.15, -0.1) is 0 Å². The van der Waals surface area contributed by atoms with Gasteiger partial charge in [0.05, 0.1) is 16.4 Å². The van der Waals surface area contributed by atoms with E-state index in [1.165, 1.54) is 105 Å². The number of nitrogens with zero attached hydrogens (tertiary/aromatic N) is 2. The van der Waals surface area contributed by atoms with E-state index in [1.807, 2.05) is 0 Å². The fourth-order valence-corrected chi connectivity index (χ4v) is 12.0. The lowest BCUT2D eigenvalue weighted by Gasteiger charge is -2.35. The van der Waals surface area contributed by atoms with Gasteiger partial charge in [0.1, 0.15) is 0 Å². The molecule has 0 spiro atoms. The molecule has 1 heterocycles. The van der Waals surface area contributed by atoms with E-state index in [1.54, 1.807) is 0 Å². The van der Waals surface area contributed by atoms with Gasteiger partial charge in [0.2, 0.25) is 0 Å². The molecule has 10 aromatic carbocycles. The third-order valence-corrected chi connectivity index (χ3v) is 15.3. The van der Waals surface area contributed by atoms with Gasteiger partial charge in [-0.25, -0.2) is 0 Å². The second kappa shape index (κ2) is 15.2. The third-order valence-electron chi connectivity index (χ3n) is 15.3. The van der Waals surface area contributed by atoms with Crippen molar-refractivity contribution in [3.63, 3.8) is 0 Å². The minimum Gasteiger partial charge on any atom is -0.310 e. The Morgan fingerprint density at radius 3 is 1.56 bits per heavy atom. The van der Waals surface area contributed by atoms with Gasteiger partial charge in [0.25, 0.3) is 0 Å². The number of anilines is 3. The molecule has 1 aromatic heterocycles. The van der Waals surface area contributed by atoms with E-state index in [-0.39, 0.29) is 5.41 Å². The van der Waals surface area contributed by atoms with Crippen LogP contribution in [0.25, 0.3) is 60.9 Å². The smallest absolute Gasteiger partial charge is 0.0713 e. The van der Waals surface area contributed by atoms with Gasteiger partial charge >= 0.3 is 0 Å². The van der Waals surface area contributed by atoms with Crippen LogP contribution in [-0.4, -0.2) is 4.57 Å². The van der Waals surface area contributed by atoms with E-state index >= 15 is 0 Å². The van der Waals surface area contributed by atoms with E-state index in [9.17, 15) is 0 Å². The van der Waals surface area contributed by atoms with Crippen LogP contribution in [0.15, 0.2) is 231 Å². The lowest BCUT2D eigenvalue weighted by molar-refractivity contribution is 0.660. The van der Waals surface area contributed by atoms with Crippen molar-refractivity contribution in [1.82, 2.24) is 4.57 Å². The molecule has 324 valence electrons. The summed E-state index contributed by atoms with van der Waals surface area (Å²) in [5, 5.41) is 2.54. The largest absolute Gasteiger partial charge is 0.310 e. The van der Waals surface area contributed by atoms with Gasteiger partial charge in [-0.1, -0.05) is 195 Å². The number of para-hydroxylation sites is 2. The van der Waals surface area contributed by atoms with Crippen LogP contribution >= 0.6 is 0 Å². The molecular formula is C66H50N2. The summed E-state index contributed by atoms with van der Waals surface area (Å²) in [6.45, 7) is 9.27. The van der Waals surface area contributed by atoms with Crippen molar-refractivity contribution in [3.05, 3.63) is 275 Å². The van der Waals surface area contributed by atoms with Crippen LogP contribution in [0.2, 0.25) is 0 Å². The number of benzene rings is 10. The zero-order valence-electron chi connectivity index (χ0n) is 38.8. The molecule has 0 radical (unpaired) electrons. The molecule has 0 amide bonds. The predicted molar refractivity (Wildman–Crippen MR) is 285 cm³/mol. The first-order valence-electron chi connectivity index (χ1n) is 23.9. The Kier molecular flexibility index (Phi) is 8.95. The first-order chi connectivity index (χ1) is 33.3. The molecule has 0 saturated heterocycles. The highest BCUT2D eigenvalue weighted by molar-refractivity contribution is 6.09. The van der Waals surface area contributed by atoms with Gasteiger partial charge in [-0.05, 0) is 141 Å². The number of rotatable bonds is 7. The standard InChI is InChI=1S/C66H50N2/c1-43-27-37-54-57-42-64(44(2)40-61(57)66(60(54)39-43,47-17-7-5-8-18-47)48-19-9-6-10-20-48)67(51-36-38-53-52-21-11-14-24-58(52)65(3,4)59(53)41-51)49-32-28-45(29-33-49)46-30-34-50(35-31-46)68-62-25-15-12-22-55(62)56-23-13-16-26-63(56)68/h5-42H,1-4H3. The maximum atomic E-state index is 2.50. The molecule has 68 heavy (non-hydrogen) atoms. The van der Waals surface area contributed by atoms with Crippen molar-refractivity contribution in [1.29, 1.82) is 0 Å². The number of fused-ring (bicyclic) bond motifs is 9. The second-order valence-corrected chi connectivity index (χ2v) is 19.4. The van der Waals surface area contributed by atoms with Crippen molar-refractivity contribution < 1.29 is 0 Å². The van der Waals surface area contributed by atoms with Crippen molar-refractivity contribution in [2.24, 2.45) is 0 Å². The van der Waals surface area contributed by atoms with Gasteiger partial charge in [-0.2, -0.15) is 0 Å². The van der Waals surface area contributed by atoms with Crippen LogP contribution < -0.4 is 4.90 Å². The minimum atomic E-state index is -0.477. The molecule has 2 aliphatic carbocycles. The highest BCUT2D eigenvalue weighted by atomic mass is 15.1. The average molecular weight is 871 g/mol. The Balaban J connectivity index is 0.970. The molecule has 0 N–H and O–H groups in total. The lowest BCUT2D eigenvalue weighted by Crippen LogP contribution is -2.28. The molecule has 2 aliphatic rings. The first kappa shape index (κ1) is 40.1. The Labute approximate surface area is 399 Å². The average Bonchev–Trinajstić information content (AvgIpc) is 3.95. The normalized spacial score (nSPS) is 13.8. The molecule has 0 aliphatic heterocycles. The summed E-state index contributed by atoms with van der Waals surface area (Å²) < 4.78 is 2.38. The monoisotopic (exact) mass is 870 g/mol. The maximum Gasteiger partial charge on any atom is 0.0713 e. The summed E-state index contributed by atoms with van der Waals surface area (Å²) in [6, 6.07) is 86.1. The number of hydrogen-bond acceptors (Lipinski definition) is 1. The Morgan fingerprint density at radius 2 is 0.897 bits per heavy atom. The summed E-state index contributed by atoms with van der Waals surface area (Å²) in [4.78, 5) is 2.50. The van der Waals surface area contributed by atoms with Crippen LogP contribution in [0.4, 0.5) is 17.1 Å². The van der Waals surface area contributed by atoms with Gasteiger partial charge < -0.3 is 9.47 Å². The minimum absolute atomic E-state index is 0.141. The quantitative estimate of drug-likeness (QED) is 0.155. The van der Waals surface area contributed by atoms with E-state index in [0.29, 0.717) is 0 Å². The fourth-order valence-electron chi connectivity index (χ4n) is 12.0. The zero-order valence-corrected chi connectivity index (χ0v) is 38.8. The van der Waals surface area contributed by atoms with Gasteiger partial charge in [0.15, 0.2) is 0 Å². The fraction of sp³-hybridized carbons (Fsp3) is 0.0909. The molecule has 0 saturated carbocycles. The van der Waals surface area contributed by atoms with E-state index < -0.39 is 5.41 Å². The molecule has 0 bridgehead atoms. The number of hydrogen-bond donors (Lipinski definition) is 0. The third kappa shape index (κ3) is 5.83. The number of aromatic nitrogens is 1.